The van der Waals surface area contributed by atoms with Gasteiger partial charge in [-0.15, -0.1) is 11.3 Å². The van der Waals surface area contributed by atoms with Crippen LogP contribution < -0.4 is 0 Å². The predicted octanol–water partition coefficient (Wildman–Crippen LogP) is 1.05. The van der Waals surface area contributed by atoms with Crippen molar-refractivity contribution in [1.82, 2.24) is 9.88 Å². The third-order valence-electron chi connectivity index (χ3n) is 3.04. The van der Waals surface area contributed by atoms with E-state index in [2.05, 4.69) is 4.98 Å². The van der Waals surface area contributed by atoms with Crippen LogP contribution in [0.1, 0.15) is 10.5 Å². The molecule has 19 heavy (non-hydrogen) atoms. The van der Waals surface area contributed by atoms with Gasteiger partial charge in [-0.25, -0.2) is 4.98 Å². The van der Waals surface area contributed by atoms with Crippen LogP contribution in [0.3, 0.4) is 0 Å². The molecule has 1 saturated heterocycles. The fraction of sp³-hybridized carbons (Fsp3) is 0.333. The number of nitrogens with zero attached hydrogens (tertiary/aromatic N) is 2. The van der Waals surface area contributed by atoms with Gasteiger partial charge in [-0.3, -0.25) is 4.79 Å². The van der Waals surface area contributed by atoms with E-state index in [-0.39, 0.29) is 19.0 Å². The predicted molar refractivity (Wildman–Crippen MR) is 73.3 cm³/mol. The van der Waals surface area contributed by atoms with Gasteiger partial charge in [-0.2, -0.15) is 11.3 Å². The molecule has 2 aromatic rings. The molecule has 0 saturated carbocycles. The van der Waals surface area contributed by atoms with Crippen LogP contribution in [0.25, 0.3) is 10.6 Å². The minimum Gasteiger partial charge on any atom is -0.388 e. The Morgan fingerprint density at radius 3 is 2.68 bits per heavy atom. The average molecular weight is 296 g/mol. The third kappa shape index (κ3) is 2.42. The zero-order chi connectivity index (χ0) is 13.4. The minimum atomic E-state index is -0.862. The highest BCUT2D eigenvalue weighted by atomic mass is 32.1. The van der Waals surface area contributed by atoms with E-state index in [1.54, 1.807) is 16.7 Å². The highest BCUT2D eigenvalue weighted by Crippen LogP contribution is 2.26. The molecule has 1 aliphatic rings. The van der Waals surface area contributed by atoms with Crippen molar-refractivity contribution < 1.29 is 15.0 Å². The number of carbonyl (C=O) groups excluding carboxylic acids is 1. The topological polar surface area (TPSA) is 73.7 Å². The van der Waals surface area contributed by atoms with Crippen molar-refractivity contribution in [3.8, 4) is 10.6 Å². The molecule has 1 fully saturated rings. The van der Waals surface area contributed by atoms with Gasteiger partial charge < -0.3 is 15.1 Å². The molecule has 0 spiro atoms. The maximum Gasteiger partial charge on any atom is 0.273 e. The van der Waals surface area contributed by atoms with Gasteiger partial charge >= 0.3 is 0 Å². The van der Waals surface area contributed by atoms with Crippen LogP contribution in [0, 0.1) is 0 Å². The summed E-state index contributed by atoms with van der Waals surface area (Å²) in [6, 6.07) is 1.96. The number of thiophene rings is 1. The number of carbonyl (C=O) groups is 1. The fourth-order valence-electron chi connectivity index (χ4n) is 1.99. The Kier molecular flexibility index (Phi) is 3.36. The van der Waals surface area contributed by atoms with Crippen molar-refractivity contribution in [2.75, 3.05) is 13.1 Å². The third-order valence-corrected chi connectivity index (χ3v) is 4.61. The van der Waals surface area contributed by atoms with E-state index >= 15 is 0 Å². The largest absolute Gasteiger partial charge is 0.388 e. The van der Waals surface area contributed by atoms with Crippen molar-refractivity contribution in [2.24, 2.45) is 0 Å². The second kappa shape index (κ2) is 5.01. The zero-order valence-corrected chi connectivity index (χ0v) is 11.5. The number of hydrogen-bond donors (Lipinski definition) is 2. The first-order valence-electron chi connectivity index (χ1n) is 5.78. The minimum absolute atomic E-state index is 0.158. The molecule has 0 unspecified atom stereocenters. The molecular formula is C12H12N2O3S2. The Hall–Kier alpha value is -1.28. The molecule has 1 aliphatic heterocycles. The maximum atomic E-state index is 12.2. The highest BCUT2D eigenvalue weighted by molar-refractivity contribution is 7.14. The Labute approximate surface area is 117 Å². The lowest BCUT2D eigenvalue weighted by atomic mass is 10.3. The highest BCUT2D eigenvalue weighted by Gasteiger charge is 2.33. The number of aliphatic hydroxyl groups is 2. The molecule has 0 radical (unpaired) electrons. The Morgan fingerprint density at radius 2 is 2.05 bits per heavy atom. The van der Waals surface area contributed by atoms with E-state index in [9.17, 15) is 15.0 Å². The smallest absolute Gasteiger partial charge is 0.273 e. The van der Waals surface area contributed by atoms with Crippen LogP contribution in [-0.2, 0) is 0 Å². The maximum absolute atomic E-state index is 12.2. The zero-order valence-electron chi connectivity index (χ0n) is 9.89. The molecule has 1 amide bonds. The molecule has 100 valence electrons. The van der Waals surface area contributed by atoms with Crippen molar-refractivity contribution >= 4 is 28.6 Å². The second-order valence-electron chi connectivity index (χ2n) is 4.39. The Balaban J connectivity index is 1.78. The summed E-state index contributed by atoms with van der Waals surface area (Å²) in [5, 5.41) is 25.4. The summed E-state index contributed by atoms with van der Waals surface area (Å²) in [6.45, 7) is 0.316. The molecule has 0 aliphatic carbocycles. The van der Waals surface area contributed by atoms with Gasteiger partial charge in [0.2, 0.25) is 0 Å². The molecule has 2 atom stereocenters. The molecule has 3 heterocycles. The summed E-state index contributed by atoms with van der Waals surface area (Å²) in [4.78, 5) is 17.9. The Morgan fingerprint density at radius 1 is 1.32 bits per heavy atom. The van der Waals surface area contributed by atoms with Crippen LogP contribution in [0.4, 0.5) is 0 Å². The van der Waals surface area contributed by atoms with E-state index in [0.29, 0.717) is 5.69 Å². The standard InChI is InChI=1S/C12H12N2O3S2/c15-9-3-14(4-10(9)16)12(17)8-6-19-11(13-8)7-1-2-18-5-7/h1-2,5-6,9-10,15-16H,3-4H2/t9-,10+. The number of aliphatic hydroxyl groups excluding tert-OH is 2. The lowest BCUT2D eigenvalue weighted by Crippen LogP contribution is -2.30. The van der Waals surface area contributed by atoms with E-state index < -0.39 is 12.2 Å². The van der Waals surface area contributed by atoms with Crippen LogP contribution in [0.15, 0.2) is 22.2 Å². The van der Waals surface area contributed by atoms with Crippen LogP contribution in [-0.4, -0.2) is 51.3 Å². The number of rotatable bonds is 2. The van der Waals surface area contributed by atoms with E-state index in [0.717, 1.165) is 10.6 Å². The number of amides is 1. The first-order chi connectivity index (χ1) is 9.15. The Bertz CT molecular complexity index is 572. The quantitative estimate of drug-likeness (QED) is 0.869. The van der Waals surface area contributed by atoms with Gasteiger partial charge in [-0.05, 0) is 11.4 Å². The van der Waals surface area contributed by atoms with Crippen LogP contribution in [0.5, 0.6) is 0 Å². The molecule has 5 nitrogen and oxygen atoms in total. The van der Waals surface area contributed by atoms with E-state index in [1.165, 1.54) is 16.2 Å². The summed E-state index contributed by atoms with van der Waals surface area (Å²) < 4.78 is 0. The monoisotopic (exact) mass is 296 g/mol. The van der Waals surface area contributed by atoms with Crippen molar-refractivity contribution in [3.05, 3.63) is 27.9 Å². The second-order valence-corrected chi connectivity index (χ2v) is 6.03. The molecule has 2 aromatic heterocycles. The summed E-state index contributed by atoms with van der Waals surface area (Å²) in [5.74, 6) is -0.242. The lowest BCUT2D eigenvalue weighted by molar-refractivity contribution is 0.0572. The summed E-state index contributed by atoms with van der Waals surface area (Å²) >= 11 is 3.00. The first kappa shape index (κ1) is 12.7. The van der Waals surface area contributed by atoms with E-state index in [1.807, 2.05) is 16.8 Å². The SMILES string of the molecule is O=C(c1csc(-c2ccsc2)n1)N1C[C@@H](O)[C@@H](O)C1. The molecule has 2 N–H and O–H groups in total. The van der Waals surface area contributed by atoms with E-state index in [4.69, 9.17) is 0 Å². The molecule has 7 heteroatoms. The van der Waals surface area contributed by atoms with Crippen LogP contribution >= 0.6 is 22.7 Å². The van der Waals surface area contributed by atoms with Crippen LogP contribution in [0.2, 0.25) is 0 Å². The van der Waals surface area contributed by atoms with Gasteiger partial charge in [0, 0.05) is 29.4 Å². The fourth-order valence-corrected chi connectivity index (χ4v) is 3.49. The van der Waals surface area contributed by atoms with Gasteiger partial charge in [0.15, 0.2) is 0 Å². The van der Waals surface area contributed by atoms with Crippen molar-refractivity contribution in [3.63, 3.8) is 0 Å². The van der Waals surface area contributed by atoms with Gasteiger partial charge in [0.05, 0.1) is 12.2 Å². The summed E-state index contributed by atoms with van der Waals surface area (Å²) in [6.07, 6.45) is -1.72. The molecule has 3 rings (SSSR count). The normalized spacial score (nSPS) is 22.9. The molecule has 0 aromatic carbocycles. The number of aromatic nitrogens is 1. The van der Waals surface area contributed by atoms with Gasteiger partial charge in [0.25, 0.3) is 5.91 Å². The molecular weight excluding hydrogens is 284 g/mol. The molecule has 0 bridgehead atoms. The lowest BCUT2D eigenvalue weighted by Gasteiger charge is -2.13. The summed E-state index contributed by atoms with van der Waals surface area (Å²) in [5.41, 5.74) is 1.38. The number of thiazole rings is 1. The van der Waals surface area contributed by atoms with Gasteiger partial charge in [0.1, 0.15) is 10.7 Å². The van der Waals surface area contributed by atoms with Crippen molar-refractivity contribution in [2.45, 2.75) is 12.2 Å². The summed E-state index contributed by atoms with van der Waals surface area (Å²) in [7, 11) is 0. The van der Waals surface area contributed by atoms with Crippen molar-refractivity contribution in [1.29, 1.82) is 0 Å². The first-order valence-corrected chi connectivity index (χ1v) is 7.61. The number of β-amino-alcohol motifs (C(OH)–C–C–N with tert-alkyl or cyclic N) is 2. The number of hydrogen-bond acceptors (Lipinski definition) is 6. The van der Waals surface area contributed by atoms with Gasteiger partial charge in [-0.1, -0.05) is 0 Å². The average Bonchev–Trinajstić information content (AvgIpc) is 3.09. The number of likely N-dealkylation sites (tertiary alicyclic amines) is 1.